The van der Waals surface area contributed by atoms with E-state index >= 15 is 0 Å². The Morgan fingerprint density at radius 2 is 2.11 bits per heavy atom. The average Bonchev–Trinajstić information content (AvgIpc) is 2.38. The third kappa shape index (κ3) is 3.69. The van der Waals surface area contributed by atoms with Crippen molar-refractivity contribution in [2.24, 2.45) is 0 Å². The van der Waals surface area contributed by atoms with Gasteiger partial charge >= 0.3 is 0 Å². The average molecular weight is 269 g/mol. The van der Waals surface area contributed by atoms with Gasteiger partial charge in [-0.2, -0.15) is 0 Å². The standard InChI is InChI=1S/C14H21ClN2O/c1-17(2)14(9-13-10-18-8-7-16-13)11-3-5-12(15)6-4-11/h3-6,13-14,16H,7-10H2,1-2H3. The molecule has 1 fully saturated rings. The molecule has 1 aromatic carbocycles. The van der Waals surface area contributed by atoms with Crippen LogP contribution in [0.25, 0.3) is 0 Å². The Morgan fingerprint density at radius 3 is 2.67 bits per heavy atom. The van der Waals surface area contributed by atoms with Crippen LogP contribution in [0.3, 0.4) is 0 Å². The zero-order valence-electron chi connectivity index (χ0n) is 11.0. The van der Waals surface area contributed by atoms with E-state index in [-0.39, 0.29) is 0 Å². The Kier molecular flexibility index (Phi) is 5.01. The lowest BCUT2D eigenvalue weighted by Crippen LogP contribution is -2.43. The Bertz CT molecular complexity index is 361. The summed E-state index contributed by atoms with van der Waals surface area (Å²) in [4.78, 5) is 2.25. The van der Waals surface area contributed by atoms with E-state index in [2.05, 4.69) is 36.4 Å². The molecule has 3 nitrogen and oxygen atoms in total. The molecule has 2 atom stereocenters. The van der Waals surface area contributed by atoms with Gasteiger partial charge in [-0.1, -0.05) is 23.7 Å². The minimum Gasteiger partial charge on any atom is -0.379 e. The number of nitrogens with one attached hydrogen (secondary N) is 1. The van der Waals surface area contributed by atoms with Crippen LogP contribution in [0.5, 0.6) is 0 Å². The Balaban J connectivity index is 2.05. The maximum atomic E-state index is 5.94. The molecular formula is C14H21ClN2O. The van der Waals surface area contributed by atoms with Gasteiger partial charge in [-0.3, -0.25) is 0 Å². The zero-order valence-corrected chi connectivity index (χ0v) is 11.8. The van der Waals surface area contributed by atoms with Crippen molar-refractivity contribution in [3.8, 4) is 0 Å². The summed E-state index contributed by atoms with van der Waals surface area (Å²) < 4.78 is 5.52. The minimum absolute atomic E-state index is 0.390. The van der Waals surface area contributed by atoms with Gasteiger partial charge in [0.05, 0.1) is 13.2 Å². The monoisotopic (exact) mass is 268 g/mol. The van der Waals surface area contributed by atoms with Gasteiger partial charge in [-0.05, 0) is 38.2 Å². The van der Waals surface area contributed by atoms with Crippen LogP contribution in [-0.2, 0) is 4.74 Å². The molecule has 0 aromatic heterocycles. The highest BCUT2D eigenvalue weighted by Crippen LogP contribution is 2.25. The summed E-state index contributed by atoms with van der Waals surface area (Å²) in [6, 6.07) is 8.95. The molecule has 4 heteroatoms. The second-order valence-electron chi connectivity index (χ2n) is 4.99. The normalized spacial score (nSPS) is 22.1. The highest BCUT2D eigenvalue weighted by molar-refractivity contribution is 6.30. The smallest absolute Gasteiger partial charge is 0.0620 e. The highest BCUT2D eigenvalue weighted by Gasteiger charge is 2.21. The number of ether oxygens (including phenoxy) is 1. The first-order chi connectivity index (χ1) is 8.66. The van der Waals surface area contributed by atoms with Gasteiger partial charge in [0.25, 0.3) is 0 Å². The minimum atomic E-state index is 0.390. The molecule has 1 aromatic rings. The molecule has 100 valence electrons. The number of benzene rings is 1. The van der Waals surface area contributed by atoms with Crippen molar-refractivity contribution >= 4 is 11.6 Å². The van der Waals surface area contributed by atoms with Gasteiger partial charge in [0, 0.05) is 23.7 Å². The van der Waals surface area contributed by atoms with Crippen LogP contribution in [0.1, 0.15) is 18.0 Å². The van der Waals surface area contributed by atoms with Crippen molar-refractivity contribution in [3.05, 3.63) is 34.9 Å². The highest BCUT2D eigenvalue weighted by atomic mass is 35.5. The van der Waals surface area contributed by atoms with Gasteiger partial charge in [0.2, 0.25) is 0 Å². The largest absolute Gasteiger partial charge is 0.379 e. The SMILES string of the molecule is CN(C)C(CC1COCCN1)c1ccc(Cl)cc1. The Hall–Kier alpha value is -0.610. The van der Waals surface area contributed by atoms with Crippen molar-refractivity contribution < 1.29 is 4.74 Å². The summed E-state index contributed by atoms with van der Waals surface area (Å²) >= 11 is 5.94. The molecule has 2 rings (SSSR count). The van der Waals surface area contributed by atoms with Crippen molar-refractivity contribution in [1.82, 2.24) is 10.2 Å². The van der Waals surface area contributed by atoms with Crippen LogP contribution in [0, 0.1) is 0 Å². The molecule has 1 saturated heterocycles. The Morgan fingerprint density at radius 1 is 1.39 bits per heavy atom. The summed E-state index contributed by atoms with van der Waals surface area (Å²) in [6.07, 6.45) is 1.05. The number of halogens is 1. The quantitative estimate of drug-likeness (QED) is 0.907. The molecule has 18 heavy (non-hydrogen) atoms. The molecule has 1 aliphatic heterocycles. The molecule has 1 N–H and O–H groups in total. The fourth-order valence-corrected chi connectivity index (χ4v) is 2.50. The summed E-state index contributed by atoms with van der Waals surface area (Å²) in [6.45, 7) is 2.58. The molecule has 0 amide bonds. The number of morpholine rings is 1. The number of nitrogens with zero attached hydrogens (tertiary/aromatic N) is 1. The van der Waals surface area contributed by atoms with Gasteiger partial charge < -0.3 is 15.0 Å². The van der Waals surface area contributed by atoms with Gasteiger partial charge in [-0.25, -0.2) is 0 Å². The topological polar surface area (TPSA) is 24.5 Å². The summed E-state index contributed by atoms with van der Waals surface area (Å²) in [5.41, 5.74) is 1.30. The van der Waals surface area contributed by atoms with Crippen molar-refractivity contribution in [3.63, 3.8) is 0 Å². The van der Waals surface area contributed by atoms with Crippen molar-refractivity contribution in [2.45, 2.75) is 18.5 Å². The molecule has 2 unspecified atom stereocenters. The molecule has 1 aliphatic rings. The number of hydrogen-bond donors (Lipinski definition) is 1. The maximum Gasteiger partial charge on any atom is 0.0620 e. The van der Waals surface area contributed by atoms with Crippen LogP contribution < -0.4 is 5.32 Å². The molecule has 0 radical (unpaired) electrons. The first-order valence-corrected chi connectivity index (χ1v) is 6.77. The molecule has 0 spiro atoms. The van der Waals surface area contributed by atoms with Crippen molar-refractivity contribution in [2.75, 3.05) is 33.9 Å². The van der Waals surface area contributed by atoms with Crippen LogP contribution in [0.2, 0.25) is 5.02 Å². The second kappa shape index (κ2) is 6.53. The third-order valence-corrected chi connectivity index (χ3v) is 3.64. The first kappa shape index (κ1) is 13.8. The predicted octanol–water partition coefficient (Wildman–Crippen LogP) is 2.32. The fraction of sp³-hybridized carbons (Fsp3) is 0.571. The first-order valence-electron chi connectivity index (χ1n) is 6.40. The van der Waals surface area contributed by atoms with Gasteiger partial charge in [-0.15, -0.1) is 0 Å². The van der Waals surface area contributed by atoms with E-state index in [9.17, 15) is 0 Å². The van der Waals surface area contributed by atoms with E-state index in [1.807, 2.05) is 12.1 Å². The number of rotatable bonds is 4. The molecule has 0 aliphatic carbocycles. The lowest BCUT2D eigenvalue weighted by molar-refractivity contribution is 0.0648. The van der Waals surface area contributed by atoms with E-state index in [0.717, 1.165) is 31.2 Å². The maximum absolute atomic E-state index is 5.94. The van der Waals surface area contributed by atoms with Gasteiger partial charge in [0.1, 0.15) is 0 Å². The molecule has 0 bridgehead atoms. The third-order valence-electron chi connectivity index (χ3n) is 3.38. The van der Waals surface area contributed by atoms with Gasteiger partial charge in [0.15, 0.2) is 0 Å². The molecular weight excluding hydrogens is 248 g/mol. The van der Waals surface area contributed by atoms with Crippen LogP contribution in [-0.4, -0.2) is 44.8 Å². The summed E-state index contributed by atoms with van der Waals surface area (Å²) in [5, 5.41) is 4.30. The predicted molar refractivity (Wildman–Crippen MR) is 75.1 cm³/mol. The summed E-state index contributed by atoms with van der Waals surface area (Å²) in [7, 11) is 4.23. The Labute approximate surface area is 114 Å². The fourth-order valence-electron chi connectivity index (χ4n) is 2.37. The van der Waals surface area contributed by atoms with E-state index < -0.39 is 0 Å². The number of hydrogen-bond acceptors (Lipinski definition) is 3. The molecule has 1 heterocycles. The lowest BCUT2D eigenvalue weighted by atomic mass is 9.98. The van der Waals surface area contributed by atoms with Crippen LogP contribution in [0.15, 0.2) is 24.3 Å². The van der Waals surface area contributed by atoms with E-state index in [0.29, 0.717) is 12.1 Å². The van der Waals surface area contributed by atoms with Crippen LogP contribution in [0.4, 0.5) is 0 Å². The van der Waals surface area contributed by atoms with Crippen molar-refractivity contribution in [1.29, 1.82) is 0 Å². The van der Waals surface area contributed by atoms with E-state index in [1.54, 1.807) is 0 Å². The lowest BCUT2D eigenvalue weighted by Gasteiger charge is -2.31. The molecule has 0 saturated carbocycles. The summed E-state index contributed by atoms with van der Waals surface area (Å²) in [5.74, 6) is 0. The zero-order chi connectivity index (χ0) is 13.0. The van der Waals surface area contributed by atoms with E-state index in [4.69, 9.17) is 16.3 Å². The second-order valence-corrected chi connectivity index (χ2v) is 5.43. The van der Waals surface area contributed by atoms with E-state index in [1.165, 1.54) is 5.56 Å². The van der Waals surface area contributed by atoms with Crippen LogP contribution >= 0.6 is 11.6 Å².